The van der Waals surface area contributed by atoms with E-state index in [0.29, 0.717) is 6.42 Å². The molecule has 0 bridgehead atoms. The fourth-order valence-electron chi connectivity index (χ4n) is 2.71. The summed E-state index contributed by atoms with van der Waals surface area (Å²) in [5, 5.41) is 27.0. The lowest BCUT2D eigenvalue weighted by molar-refractivity contribution is -0.907. The van der Waals surface area contributed by atoms with Crippen LogP contribution in [0, 0.1) is 0 Å². The second-order valence-electron chi connectivity index (χ2n) is 6.18. The van der Waals surface area contributed by atoms with Gasteiger partial charge in [-0.15, -0.1) is 0 Å². The lowest BCUT2D eigenvalue weighted by Gasteiger charge is -2.34. The summed E-state index contributed by atoms with van der Waals surface area (Å²) in [5.41, 5.74) is 0. The normalized spacial score (nSPS) is 11.7. The third-order valence-corrected chi connectivity index (χ3v) is 3.81. The van der Waals surface area contributed by atoms with E-state index in [1.54, 1.807) is 0 Å². The molecule has 7 nitrogen and oxygen atoms in total. The topological polar surface area (TPSA) is 112 Å². The molecule has 24 heavy (non-hydrogen) atoms. The van der Waals surface area contributed by atoms with Crippen molar-refractivity contribution in [2.45, 2.75) is 51.9 Å². The SMILES string of the molecule is CCCC/C=C/CCCCC[N+](CC(=O)O)(CC(=O)O)CC(=O)O. The summed E-state index contributed by atoms with van der Waals surface area (Å²) in [4.78, 5) is 33.1. The highest BCUT2D eigenvalue weighted by Gasteiger charge is 2.35. The second-order valence-corrected chi connectivity index (χ2v) is 6.18. The molecule has 0 saturated heterocycles. The molecule has 0 rings (SSSR count). The lowest BCUT2D eigenvalue weighted by atomic mass is 10.1. The van der Waals surface area contributed by atoms with Gasteiger partial charge in [0, 0.05) is 0 Å². The standard InChI is InChI=1S/C17H29NO6/c1-2-3-4-5-6-7-8-9-10-11-18(12-15(19)20,13-16(21)22)14-17(23)24/h5-6H,2-4,7-14H2,1H3,(H2-,19,20,21,22,23,24)/p+1/b6-5+. The summed E-state index contributed by atoms with van der Waals surface area (Å²) >= 11 is 0. The molecule has 0 saturated carbocycles. The molecule has 0 aliphatic heterocycles. The fraction of sp³-hybridized carbons (Fsp3) is 0.706. The highest BCUT2D eigenvalue weighted by molar-refractivity contribution is 5.73. The lowest BCUT2D eigenvalue weighted by Crippen LogP contribution is -2.57. The number of rotatable bonds is 15. The van der Waals surface area contributed by atoms with Crippen molar-refractivity contribution in [1.29, 1.82) is 0 Å². The Morgan fingerprint density at radius 3 is 1.62 bits per heavy atom. The zero-order chi connectivity index (χ0) is 18.4. The molecule has 0 fully saturated rings. The number of hydrogen-bond donors (Lipinski definition) is 3. The van der Waals surface area contributed by atoms with Gasteiger partial charge in [0.15, 0.2) is 19.6 Å². The molecule has 0 amide bonds. The van der Waals surface area contributed by atoms with Gasteiger partial charge in [0.2, 0.25) is 0 Å². The Balaban J connectivity index is 4.43. The molecule has 0 unspecified atom stereocenters. The van der Waals surface area contributed by atoms with Crippen molar-refractivity contribution in [3.05, 3.63) is 12.2 Å². The first kappa shape index (κ1) is 22.1. The van der Waals surface area contributed by atoms with Crippen LogP contribution in [0.4, 0.5) is 0 Å². The van der Waals surface area contributed by atoms with Gasteiger partial charge in [-0.1, -0.05) is 31.9 Å². The first-order chi connectivity index (χ1) is 11.3. The Morgan fingerprint density at radius 2 is 1.21 bits per heavy atom. The van der Waals surface area contributed by atoms with Crippen LogP contribution < -0.4 is 0 Å². The molecule has 0 aromatic heterocycles. The molecule has 0 aliphatic rings. The van der Waals surface area contributed by atoms with Crippen LogP contribution in [0.5, 0.6) is 0 Å². The molecule has 138 valence electrons. The number of unbranched alkanes of at least 4 members (excludes halogenated alkanes) is 5. The number of carboxylic acids is 3. The predicted octanol–water partition coefficient (Wildman–Crippen LogP) is 2.36. The van der Waals surface area contributed by atoms with Crippen LogP contribution in [0.2, 0.25) is 0 Å². The van der Waals surface area contributed by atoms with Gasteiger partial charge in [-0.25, -0.2) is 14.4 Å². The zero-order valence-corrected chi connectivity index (χ0v) is 14.4. The maximum Gasteiger partial charge on any atom is 0.359 e. The van der Waals surface area contributed by atoms with E-state index in [1.165, 1.54) is 12.8 Å². The van der Waals surface area contributed by atoms with Gasteiger partial charge in [-0.2, -0.15) is 0 Å². The smallest absolute Gasteiger partial charge is 0.359 e. The van der Waals surface area contributed by atoms with Crippen LogP contribution in [-0.4, -0.2) is 63.9 Å². The monoisotopic (exact) mass is 344 g/mol. The van der Waals surface area contributed by atoms with E-state index in [2.05, 4.69) is 19.1 Å². The van der Waals surface area contributed by atoms with Crippen molar-refractivity contribution in [2.24, 2.45) is 0 Å². The van der Waals surface area contributed by atoms with Crippen LogP contribution in [0.25, 0.3) is 0 Å². The van der Waals surface area contributed by atoms with Crippen molar-refractivity contribution in [3.63, 3.8) is 0 Å². The van der Waals surface area contributed by atoms with E-state index >= 15 is 0 Å². The summed E-state index contributed by atoms with van der Waals surface area (Å²) in [6.07, 6.45) is 11.0. The largest absolute Gasteiger partial charge is 0.477 e. The number of aliphatic carboxylic acids is 3. The Bertz CT molecular complexity index is 392. The number of carboxylic acid groups (broad SMARTS) is 3. The van der Waals surface area contributed by atoms with E-state index in [9.17, 15) is 14.4 Å². The van der Waals surface area contributed by atoms with Crippen LogP contribution in [-0.2, 0) is 14.4 Å². The molecule has 0 radical (unpaired) electrons. The Morgan fingerprint density at radius 1 is 0.750 bits per heavy atom. The number of quaternary nitrogens is 1. The molecule has 0 spiro atoms. The second kappa shape index (κ2) is 12.5. The minimum atomic E-state index is -1.18. The number of allylic oxidation sites excluding steroid dienone is 2. The number of hydrogen-bond acceptors (Lipinski definition) is 3. The highest BCUT2D eigenvalue weighted by atomic mass is 16.4. The van der Waals surface area contributed by atoms with Gasteiger partial charge in [0.05, 0.1) is 6.54 Å². The van der Waals surface area contributed by atoms with Gasteiger partial charge < -0.3 is 15.3 Å². The predicted molar refractivity (Wildman–Crippen MR) is 89.8 cm³/mol. The minimum Gasteiger partial charge on any atom is -0.477 e. The molecule has 0 heterocycles. The zero-order valence-electron chi connectivity index (χ0n) is 14.4. The van der Waals surface area contributed by atoms with Gasteiger partial charge in [-0.05, 0) is 32.1 Å². The first-order valence-electron chi connectivity index (χ1n) is 8.47. The van der Waals surface area contributed by atoms with E-state index in [1.807, 2.05) is 0 Å². The third-order valence-electron chi connectivity index (χ3n) is 3.81. The van der Waals surface area contributed by atoms with Crippen LogP contribution in [0.3, 0.4) is 0 Å². The quantitative estimate of drug-likeness (QED) is 0.239. The number of nitrogens with zero attached hydrogens (tertiary/aromatic N) is 1. The summed E-state index contributed by atoms with van der Waals surface area (Å²) in [6, 6.07) is 0. The number of carbonyl (C=O) groups is 3. The Labute approximate surface area is 143 Å². The van der Waals surface area contributed by atoms with E-state index < -0.39 is 42.0 Å². The molecule has 3 N–H and O–H groups in total. The minimum absolute atomic E-state index is 0.241. The summed E-state index contributed by atoms with van der Waals surface area (Å²) < 4.78 is -0.452. The third kappa shape index (κ3) is 11.6. The van der Waals surface area contributed by atoms with Gasteiger partial charge in [0.1, 0.15) is 0 Å². The maximum absolute atomic E-state index is 11.0. The van der Waals surface area contributed by atoms with Crippen molar-refractivity contribution < 1.29 is 34.2 Å². The van der Waals surface area contributed by atoms with Gasteiger partial charge in [-0.3, -0.25) is 4.48 Å². The highest BCUT2D eigenvalue weighted by Crippen LogP contribution is 2.12. The average molecular weight is 344 g/mol. The molecule has 0 aromatic rings. The summed E-state index contributed by atoms with van der Waals surface area (Å²) in [5.74, 6) is -3.55. The van der Waals surface area contributed by atoms with Gasteiger partial charge in [0.25, 0.3) is 0 Å². The average Bonchev–Trinajstić information content (AvgIpc) is 2.43. The molecule has 7 heteroatoms. The van der Waals surface area contributed by atoms with E-state index in [0.717, 1.165) is 25.7 Å². The summed E-state index contributed by atoms with van der Waals surface area (Å²) in [7, 11) is 0. The molecule has 0 aliphatic carbocycles. The van der Waals surface area contributed by atoms with Crippen molar-refractivity contribution in [1.82, 2.24) is 0 Å². The Hall–Kier alpha value is -1.89. The first-order valence-corrected chi connectivity index (χ1v) is 8.47. The van der Waals surface area contributed by atoms with E-state index in [4.69, 9.17) is 15.3 Å². The van der Waals surface area contributed by atoms with Crippen molar-refractivity contribution in [3.8, 4) is 0 Å². The summed E-state index contributed by atoms with van der Waals surface area (Å²) in [6.45, 7) is 0.911. The molecular weight excluding hydrogens is 314 g/mol. The molecular formula is C17H30NO6+. The van der Waals surface area contributed by atoms with Crippen molar-refractivity contribution in [2.75, 3.05) is 26.2 Å². The fourth-order valence-corrected chi connectivity index (χ4v) is 2.71. The van der Waals surface area contributed by atoms with Crippen LogP contribution in [0.15, 0.2) is 12.2 Å². The molecule has 0 aromatic carbocycles. The molecule has 0 atom stereocenters. The van der Waals surface area contributed by atoms with E-state index in [-0.39, 0.29) is 6.54 Å². The Kier molecular flexibility index (Phi) is 11.5. The van der Waals surface area contributed by atoms with Crippen molar-refractivity contribution >= 4 is 17.9 Å². The van der Waals surface area contributed by atoms with Crippen LogP contribution >= 0.6 is 0 Å². The van der Waals surface area contributed by atoms with Gasteiger partial charge >= 0.3 is 17.9 Å². The maximum atomic E-state index is 11.0. The van der Waals surface area contributed by atoms with Crippen LogP contribution in [0.1, 0.15) is 51.9 Å².